The summed E-state index contributed by atoms with van der Waals surface area (Å²) in [5.41, 5.74) is 0.786. The zero-order chi connectivity index (χ0) is 14.5. The number of nitrogens with zero attached hydrogens (tertiary/aromatic N) is 4. The van der Waals surface area contributed by atoms with Gasteiger partial charge in [0, 0.05) is 19.6 Å². The minimum atomic E-state index is 0.634. The number of fused-ring (bicyclic) bond motifs is 1. The van der Waals surface area contributed by atoms with Crippen LogP contribution in [0.1, 0.15) is 34.1 Å². The van der Waals surface area contributed by atoms with Crippen molar-refractivity contribution in [3.05, 3.63) is 6.20 Å². The number of aromatic nitrogens is 4. The first-order valence-electron chi connectivity index (χ1n) is 7.39. The molecule has 1 unspecified atom stereocenters. The van der Waals surface area contributed by atoms with Crippen molar-refractivity contribution >= 4 is 22.8 Å². The summed E-state index contributed by atoms with van der Waals surface area (Å²) in [5.74, 6) is 2.25. The van der Waals surface area contributed by atoms with Gasteiger partial charge >= 0.3 is 0 Å². The molecular formula is C14H24N6. The van der Waals surface area contributed by atoms with Gasteiger partial charge in [0.15, 0.2) is 5.65 Å². The molecular weight excluding hydrogens is 252 g/mol. The second-order valence-electron chi connectivity index (χ2n) is 5.09. The number of anilines is 2. The highest BCUT2D eigenvalue weighted by Crippen LogP contribution is 2.24. The lowest BCUT2D eigenvalue weighted by Gasteiger charge is -2.25. The Kier molecular flexibility index (Phi) is 4.76. The molecule has 0 saturated heterocycles. The molecule has 20 heavy (non-hydrogen) atoms. The van der Waals surface area contributed by atoms with Crippen molar-refractivity contribution in [1.29, 1.82) is 0 Å². The summed E-state index contributed by atoms with van der Waals surface area (Å²) in [6.07, 6.45) is 2.97. The standard InChI is InChI=1S/C14H24N6/c1-5-10(4)9-20(7-3)13-11-8-16-19-12(11)17-14(18-13)15-6-2/h8,10H,5-7,9H2,1-4H3,(H2,15,16,17,18,19). The van der Waals surface area contributed by atoms with Crippen molar-refractivity contribution in [2.45, 2.75) is 34.1 Å². The van der Waals surface area contributed by atoms with E-state index >= 15 is 0 Å². The lowest BCUT2D eigenvalue weighted by Crippen LogP contribution is -2.29. The molecule has 2 aromatic rings. The number of aromatic amines is 1. The normalized spacial score (nSPS) is 12.6. The van der Waals surface area contributed by atoms with Crippen LogP contribution in [-0.4, -0.2) is 39.8 Å². The van der Waals surface area contributed by atoms with Gasteiger partial charge in [-0.1, -0.05) is 20.3 Å². The zero-order valence-corrected chi connectivity index (χ0v) is 12.8. The quantitative estimate of drug-likeness (QED) is 0.813. The Morgan fingerprint density at radius 2 is 2.10 bits per heavy atom. The maximum Gasteiger partial charge on any atom is 0.226 e. The summed E-state index contributed by atoms with van der Waals surface area (Å²) in [4.78, 5) is 11.4. The third kappa shape index (κ3) is 3.00. The van der Waals surface area contributed by atoms with E-state index in [1.807, 2.05) is 6.92 Å². The Morgan fingerprint density at radius 3 is 2.75 bits per heavy atom. The topological polar surface area (TPSA) is 69.7 Å². The molecule has 0 radical (unpaired) electrons. The van der Waals surface area contributed by atoms with Gasteiger partial charge in [0.25, 0.3) is 0 Å². The summed E-state index contributed by atoms with van der Waals surface area (Å²) in [7, 11) is 0. The Hall–Kier alpha value is -1.85. The van der Waals surface area contributed by atoms with Crippen LogP contribution >= 0.6 is 0 Å². The van der Waals surface area contributed by atoms with Gasteiger partial charge in [-0.25, -0.2) is 0 Å². The number of hydrogen-bond acceptors (Lipinski definition) is 5. The molecule has 110 valence electrons. The smallest absolute Gasteiger partial charge is 0.226 e. The molecule has 6 nitrogen and oxygen atoms in total. The van der Waals surface area contributed by atoms with Crippen LogP contribution < -0.4 is 10.2 Å². The van der Waals surface area contributed by atoms with Crippen molar-refractivity contribution in [3.8, 4) is 0 Å². The van der Waals surface area contributed by atoms with Crippen molar-refractivity contribution in [2.24, 2.45) is 5.92 Å². The van der Waals surface area contributed by atoms with Gasteiger partial charge in [0.2, 0.25) is 5.95 Å². The highest BCUT2D eigenvalue weighted by molar-refractivity contribution is 5.87. The van der Waals surface area contributed by atoms with Gasteiger partial charge in [-0.15, -0.1) is 0 Å². The fourth-order valence-electron chi connectivity index (χ4n) is 2.17. The Morgan fingerprint density at radius 1 is 1.30 bits per heavy atom. The van der Waals surface area contributed by atoms with Gasteiger partial charge < -0.3 is 10.2 Å². The molecule has 1 atom stereocenters. The Balaban J connectivity index is 2.40. The van der Waals surface area contributed by atoms with Crippen LogP contribution in [0.25, 0.3) is 11.0 Å². The zero-order valence-electron chi connectivity index (χ0n) is 12.8. The predicted octanol–water partition coefficient (Wildman–Crippen LogP) is 2.66. The van der Waals surface area contributed by atoms with Crippen LogP contribution in [-0.2, 0) is 0 Å². The molecule has 2 aromatic heterocycles. The summed E-state index contributed by atoms with van der Waals surface area (Å²) < 4.78 is 0. The SMILES string of the molecule is CCNc1nc(N(CC)CC(C)CC)c2cn[nH]c2n1. The highest BCUT2D eigenvalue weighted by atomic mass is 15.3. The maximum absolute atomic E-state index is 4.67. The van der Waals surface area contributed by atoms with Crippen LogP contribution in [0.4, 0.5) is 11.8 Å². The molecule has 2 heterocycles. The van der Waals surface area contributed by atoms with E-state index in [0.29, 0.717) is 11.9 Å². The molecule has 0 aliphatic heterocycles. The molecule has 0 spiro atoms. The fourth-order valence-corrected chi connectivity index (χ4v) is 2.17. The minimum absolute atomic E-state index is 0.634. The van der Waals surface area contributed by atoms with Gasteiger partial charge in [-0.05, 0) is 19.8 Å². The van der Waals surface area contributed by atoms with E-state index in [4.69, 9.17) is 0 Å². The van der Waals surface area contributed by atoms with Gasteiger partial charge in [0.1, 0.15) is 5.82 Å². The number of rotatable bonds is 7. The summed E-state index contributed by atoms with van der Waals surface area (Å²) >= 11 is 0. The van der Waals surface area contributed by atoms with Crippen LogP contribution in [0.5, 0.6) is 0 Å². The second kappa shape index (κ2) is 6.54. The third-order valence-electron chi connectivity index (χ3n) is 3.53. The average Bonchev–Trinajstić information content (AvgIpc) is 2.92. The molecule has 0 saturated carbocycles. The lowest BCUT2D eigenvalue weighted by molar-refractivity contribution is 0.546. The van der Waals surface area contributed by atoms with E-state index in [1.165, 1.54) is 0 Å². The van der Waals surface area contributed by atoms with Gasteiger partial charge in [-0.3, -0.25) is 5.10 Å². The Bertz CT molecular complexity index is 550. The molecule has 2 rings (SSSR count). The first kappa shape index (κ1) is 14.6. The highest BCUT2D eigenvalue weighted by Gasteiger charge is 2.16. The molecule has 0 bridgehead atoms. The van der Waals surface area contributed by atoms with Crippen molar-refractivity contribution in [3.63, 3.8) is 0 Å². The van der Waals surface area contributed by atoms with E-state index in [1.54, 1.807) is 6.20 Å². The first-order chi connectivity index (χ1) is 9.69. The molecule has 6 heteroatoms. The summed E-state index contributed by atoms with van der Waals surface area (Å²) in [6.45, 7) is 11.4. The van der Waals surface area contributed by atoms with E-state index in [2.05, 4.69) is 51.2 Å². The molecule has 2 N–H and O–H groups in total. The van der Waals surface area contributed by atoms with Crippen molar-refractivity contribution in [1.82, 2.24) is 20.2 Å². The summed E-state index contributed by atoms with van der Waals surface area (Å²) in [5, 5.41) is 11.2. The van der Waals surface area contributed by atoms with Crippen molar-refractivity contribution in [2.75, 3.05) is 29.9 Å². The van der Waals surface area contributed by atoms with E-state index in [-0.39, 0.29) is 0 Å². The fraction of sp³-hybridized carbons (Fsp3) is 0.643. The van der Waals surface area contributed by atoms with Gasteiger partial charge in [-0.2, -0.15) is 15.1 Å². The summed E-state index contributed by atoms with van der Waals surface area (Å²) in [6, 6.07) is 0. The molecule has 0 fully saturated rings. The Labute approximate surface area is 120 Å². The molecule has 0 aliphatic rings. The van der Waals surface area contributed by atoms with Gasteiger partial charge in [0.05, 0.1) is 11.6 Å². The van der Waals surface area contributed by atoms with Crippen molar-refractivity contribution < 1.29 is 0 Å². The largest absolute Gasteiger partial charge is 0.356 e. The monoisotopic (exact) mass is 276 g/mol. The van der Waals surface area contributed by atoms with E-state index < -0.39 is 0 Å². The average molecular weight is 276 g/mol. The van der Waals surface area contributed by atoms with E-state index in [9.17, 15) is 0 Å². The van der Waals surface area contributed by atoms with Crippen LogP contribution in [0.15, 0.2) is 6.20 Å². The molecule has 0 amide bonds. The number of H-pyrrole nitrogens is 1. The first-order valence-corrected chi connectivity index (χ1v) is 7.39. The number of hydrogen-bond donors (Lipinski definition) is 2. The van der Waals surface area contributed by atoms with Crippen LogP contribution in [0.3, 0.4) is 0 Å². The second-order valence-corrected chi connectivity index (χ2v) is 5.09. The third-order valence-corrected chi connectivity index (χ3v) is 3.53. The molecule has 0 aliphatic carbocycles. The maximum atomic E-state index is 4.67. The minimum Gasteiger partial charge on any atom is -0.356 e. The number of nitrogens with one attached hydrogen (secondary N) is 2. The lowest BCUT2D eigenvalue weighted by atomic mass is 10.1. The van der Waals surface area contributed by atoms with Crippen LogP contribution in [0, 0.1) is 5.92 Å². The van der Waals surface area contributed by atoms with Crippen LogP contribution in [0.2, 0.25) is 0 Å². The predicted molar refractivity (Wildman–Crippen MR) is 83.2 cm³/mol. The molecule has 0 aromatic carbocycles. The van der Waals surface area contributed by atoms with E-state index in [0.717, 1.165) is 42.9 Å².